The van der Waals surface area contributed by atoms with Crippen molar-refractivity contribution in [3.05, 3.63) is 284 Å². The minimum Gasteiger partial charge on any atom is -0.512 e. The fourth-order valence-corrected chi connectivity index (χ4v) is 15.9. The van der Waals surface area contributed by atoms with Crippen molar-refractivity contribution in [1.29, 1.82) is 0 Å². The smallest absolute Gasteiger partial charge is 0.313 e. The summed E-state index contributed by atoms with van der Waals surface area (Å²) >= 11 is 9.04. The zero-order valence-electron chi connectivity index (χ0n) is 57.0. The van der Waals surface area contributed by atoms with Crippen LogP contribution in [0.3, 0.4) is 0 Å². The molecular formula is C79H66ClF2N3O17S6. The lowest BCUT2D eigenvalue weighted by molar-refractivity contribution is -0.133. The number of nitrogens with one attached hydrogen (secondary N) is 3. The van der Waals surface area contributed by atoms with Crippen LogP contribution in [0.15, 0.2) is 296 Å². The van der Waals surface area contributed by atoms with Gasteiger partial charge in [-0.25, -0.2) is 34.0 Å². The van der Waals surface area contributed by atoms with Crippen LogP contribution in [-0.2, 0) is 34.9 Å². The summed E-state index contributed by atoms with van der Waals surface area (Å²) in [4.78, 5) is 11.9. The number of carbonyl (C=O) groups is 1. The highest BCUT2D eigenvalue weighted by Gasteiger charge is 2.24. The number of hydrogen-bond acceptors (Lipinski definition) is 19. The number of hydrogen-bond donors (Lipinski definition) is 9. The van der Waals surface area contributed by atoms with Gasteiger partial charge in [0.05, 0.1) is 75.2 Å². The third-order valence-corrected chi connectivity index (χ3v) is 22.7. The van der Waals surface area contributed by atoms with E-state index < -0.39 is 47.7 Å². The van der Waals surface area contributed by atoms with Crippen molar-refractivity contribution in [1.82, 2.24) is 0 Å². The highest BCUT2D eigenvalue weighted by molar-refractivity contribution is 8.00. The molecule has 0 amide bonds. The van der Waals surface area contributed by atoms with Crippen molar-refractivity contribution in [2.24, 2.45) is 0 Å². The van der Waals surface area contributed by atoms with E-state index in [2.05, 4.69) is 27.3 Å². The summed E-state index contributed by atoms with van der Waals surface area (Å²) in [5.41, 5.74) is 1.75. The van der Waals surface area contributed by atoms with Gasteiger partial charge in [-0.2, -0.15) is 0 Å². The van der Waals surface area contributed by atoms with Gasteiger partial charge in [-0.05, 0) is 123 Å². The molecule has 0 aliphatic rings. The fourth-order valence-electron chi connectivity index (χ4n) is 10.2. The molecule has 0 unspecified atom stereocenters. The number of thioether (sulfide) groups is 3. The van der Waals surface area contributed by atoms with Gasteiger partial charge in [0.2, 0.25) is 0 Å². The Kier molecular flexibility index (Phi) is 26.0. The molecule has 556 valence electrons. The number of allylic oxidation sites excluding steroid dienone is 1. The van der Waals surface area contributed by atoms with Crippen LogP contribution < -0.4 is 33.1 Å². The second-order valence-electron chi connectivity index (χ2n) is 23.5. The predicted molar refractivity (Wildman–Crippen MR) is 421 cm³/mol. The van der Waals surface area contributed by atoms with Gasteiger partial charge in [0.15, 0.2) is 11.6 Å². The summed E-state index contributed by atoms with van der Waals surface area (Å²) in [6.45, 7) is 10.9. The van der Waals surface area contributed by atoms with Gasteiger partial charge in [0.25, 0.3) is 30.1 Å². The molecule has 12 aromatic carbocycles. The Labute approximate surface area is 638 Å². The molecule has 20 nitrogen and oxygen atoms in total. The van der Waals surface area contributed by atoms with E-state index in [0.29, 0.717) is 64.3 Å². The van der Waals surface area contributed by atoms with Gasteiger partial charge in [0, 0.05) is 67.7 Å². The third kappa shape index (κ3) is 21.1. The summed E-state index contributed by atoms with van der Waals surface area (Å²) in [7, 11) is -12.2. The minimum atomic E-state index is -4.14. The predicted octanol–water partition coefficient (Wildman–Crippen LogP) is 20.2. The van der Waals surface area contributed by atoms with Crippen molar-refractivity contribution in [2.75, 3.05) is 38.0 Å². The molecule has 12 rings (SSSR count). The zero-order chi connectivity index (χ0) is 77.5. The summed E-state index contributed by atoms with van der Waals surface area (Å²) < 4.78 is 138. The number of phenols is 3. The van der Waals surface area contributed by atoms with Crippen molar-refractivity contribution in [3.8, 4) is 57.5 Å². The third-order valence-electron chi connectivity index (χ3n) is 15.1. The second kappa shape index (κ2) is 35.4. The molecule has 0 saturated heterocycles. The Morgan fingerprint density at radius 1 is 0.435 bits per heavy atom. The van der Waals surface area contributed by atoms with Crippen LogP contribution in [0.1, 0.15) is 13.8 Å². The Balaban J connectivity index is 0.000000174. The Bertz CT molecular complexity index is 5780. The number of aliphatic hydroxyl groups excluding tert-OH is 2. The number of carboxylic acids is 1. The van der Waals surface area contributed by atoms with E-state index in [4.69, 9.17) is 35.7 Å². The molecule has 12 aromatic rings. The van der Waals surface area contributed by atoms with Crippen LogP contribution in [0.5, 0.6) is 57.5 Å². The van der Waals surface area contributed by atoms with Gasteiger partial charge in [-0.15, -0.1) is 35.3 Å². The number of sulfonamides is 3. The normalized spacial score (nSPS) is 11.3. The number of carboxylic acid groups (broad SMARTS) is 1. The molecule has 0 aliphatic carbocycles. The standard InChI is InChI=1S/C29H26FNO7S2.C25H20ClNO5S2.C25H20FNO5S2/c1-18(2)12-13-37-26-15-20(10-11-24(26)30)38-19-6-5-7-21(14-19)40(35,36)31-25-16-27(39-17-28(32)33)29(34)23-9-4-3-8-22(23)25;1-16(28)15-33-24-14-23(21-7-2-3-8-22(21)25(24)29)27-34(30,31)20-6-4-5-19(13-20)32-18-11-9-17(26)10-12-18;1-16(28)15-33-24-14-23(21-10-2-3-11-22(21)25(24)29)27-34(30,31)20-9-5-8-19(13-20)32-18-7-4-6-17(26)12-18/h3-12,14-16,31,34H,13,17H2,1-2H3,(H,32,33);2*2-14,27-29H,1,15H2. The first-order valence-electron chi connectivity index (χ1n) is 32.1. The molecule has 108 heavy (non-hydrogen) atoms. The van der Waals surface area contributed by atoms with E-state index in [9.17, 15) is 64.4 Å². The highest BCUT2D eigenvalue weighted by Crippen LogP contribution is 2.45. The summed E-state index contributed by atoms with van der Waals surface area (Å²) in [6.07, 6.45) is 1.80. The molecule has 0 heterocycles. The van der Waals surface area contributed by atoms with Gasteiger partial charge in [-0.3, -0.25) is 19.0 Å². The van der Waals surface area contributed by atoms with Gasteiger partial charge in [-0.1, -0.05) is 127 Å². The number of anilines is 3. The number of aliphatic hydroxyl groups is 2. The largest absolute Gasteiger partial charge is 0.512 e. The highest BCUT2D eigenvalue weighted by atomic mass is 35.5. The quantitative estimate of drug-likeness (QED) is 0.01000. The monoisotopic (exact) mass is 1590 g/mol. The van der Waals surface area contributed by atoms with Crippen LogP contribution >= 0.6 is 46.9 Å². The summed E-state index contributed by atoms with van der Waals surface area (Å²) in [6, 6.07) is 58.8. The maximum absolute atomic E-state index is 14.2. The number of fused-ring (bicyclic) bond motifs is 3. The Hall–Kier alpha value is -11.2. The van der Waals surface area contributed by atoms with Crippen LogP contribution in [0.4, 0.5) is 25.8 Å². The van der Waals surface area contributed by atoms with E-state index in [1.165, 1.54) is 103 Å². The van der Waals surface area contributed by atoms with E-state index in [-0.39, 0.29) is 112 Å². The van der Waals surface area contributed by atoms with E-state index in [1.54, 1.807) is 133 Å². The Morgan fingerprint density at radius 3 is 1.15 bits per heavy atom. The zero-order valence-corrected chi connectivity index (χ0v) is 62.7. The maximum Gasteiger partial charge on any atom is 0.313 e. The SMILES string of the molecule is C=C(O)CSc1cc(NS(=O)(=O)c2cccc(Oc3ccc(Cl)cc3)c2)c2ccccc2c1O.C=C(O)CSc1cc(NS(=O)(=O)c2cccc(Oc3cccc(F)c3)c2)c2ccccc2c1O.CC(C)=CCOc1cc(Oc2cccc(S(=O)(=O)Nc3cc(SCC(=O)O)c(O)c4ccccc34)c2)ccc1F. The maximum atomic E-state index is 14.2. The van der Waals surface area contributed by atoms with Gasteiger partial charge < -0.3 is 49.6 Å². The van der Waals surface area contributed by atoms with Gasteiger partial charge >= 0.3 is 5.97 Å². The average molecular weight is 1600 g/mol. The molecule has 0 bridgehead atoms. The van der Waals surface area contributed by atoms with Crippen molar-refractivity contribution in [3.63, 3.8) is 0 Å². The lowest BCUT2D eigenvalue weighted by Gasteiger charge is -2.15. The van der Waals surface area contributed by atoms with Crippen LogP contribution in [0, 0.1) is 11.6 Å². The van der Waals surface area contributed by atoms with E-state index >= 15 is 0 Å². The van der Waals surface area contributed by atoms with Crippen molar-refractivity contribution < 1.29 is 88.4 Å². The number of rotatable bonds is 27. The molecule has 0 saturated carbocycles. The number of phenolic OH excluding ortho intramolecular Hbond substituents is 3. The minimum absolute atomic E-state index is 0.00293. The van der Waals surface area contributed by atoms with Crippen LogP contribution in [0.2, 0.25) is 5.02 Å². The first-order valence-corrected chi connectivity index (χ1v) is 39.8. The first kappa shape index (κ1) is 79.3. The molecular weight excluding hydrogens is 1530 g/mol. The number of benzene rings is 12. The Morgan fingerprint density at radius 2 is 0.778 bits per heavy atom. The molecule has 0 radical (unpaired) electrons. The number of halogens is 3. The number of aliphatic carboxylic acids is 1. The molecule has 29 heteroatoms. The molecule has 0 fully saturated rings. The molecule has 0 aromatic heterocycles. The topological polar surface area (TPSA) is 314 Å². The molecule has 0 atom stereocenters. The molecule has 0 aliphatic heterocycles. The molecule has 0 spiro atoms. The van der Waals surface area contributed by atoms with Crippen molar-refractivity contribution in [2.45, 2.75) is 43.2 Å². The number of aromatic hydroxyl groups is 3. The van der Waals surface area contributed by atoms with E-state index in [1.807, 2.05) is 13.8 Å². The average Bonchev–Trinajstić information content (AvgIpc) is 0.785. The summed E-state index contributed by atoms with van der Waals surface area (Å²) in [5.74, 6) is -0.656. The van der Waals surface area contributed by atoms with E-state index in [0.717, 1.165) is 40.9 Å². The summed E-state index contributed by atoms with van der Waals surface area (Å²) in [5, 5.41) is 63.2. The second-order valence-corrected chi connectivity index (χ2v) is 32.0. The fraction of sp³-hybridized carbons (Fsp3) is 0.0759. The van der Waals surface area contributed by atoms with Crippen molar-refractivity contribution >= 4 is 132 Å². The molecule has 9 N–H and O–H groups in total. The lowest BCUT2D eigenvalue weighted by Crippen LogP contribution is -2.13. The van der Waals surface area contributed by atoms with Gasteiger partial charge in [0.1, 0.15) is 64.2 Å². The van der Waals surface area contributed by atoms with Crippen LogP contribution in [0.25, 0.3) is 32.3 Å². The lowest BCUT2D eigenvalue weighted by atomic mass is 10.1. The van der Waals surface area contributed by atoms with Crippen LogP contribution in [-0.4, -0.2) is 85.7 Å². The first-order chi connectivity index (χ1) is 51.5. The number of ether oxygens (including phenoxy) is 4.